The largest absolute Gasteiger partial charge is 0.382 e. The van der Waals surface area contributed by atoms with Gasteiger partial charge in [-0.05, 0) is 32.3 Å². The van der Waals surface area contributed by atoms with E-state index in [1.54, 1.807) is 6.92 Å². The van der Waals surface area contributed by atoms with E-state index >= 15 is 0 Å². The monoisotopic (exact) mass is 644 g/mol. The number of anilines is 1. The second-order valence-corrected chi connectivity index (χ2v) is 11.4. The Morgan fingerprint density at radius 1 is 0.696 bits per heavy atom. The number of unbranched alkanes of at least 4 members (excludes halogenated alkanes) is 5. The number of hydrogen-bond donors (Lipinski definition) is 1. The summed E-state index contributed by atoms with van der Waals surface area (Å²) in [6.45, 7) is 11.2. The summed E-state index contributed by atoms with van der Waals surface area (Å²) in [6.07, 6.45) is 9.35. The van der Waals surface area contributed by atoms with E-state index in [-0.39, 0.29) is 5.78 Å². The fourth-order valence-electron chi connectivity index (χ4n) is 5.09. The van der Waals surface area contributed by atoms with Gasteiger partial charge in [-0.15, -0.1) is 0 Å². The topological polar surface area (TPSA) is 129 Å². The lowest BCUT2D eigenvalue weighted by molar-refractivity contribution is -0.118. The maximum Gasteiger partial charge on any atom is 0.152 e. The van der Waals surface area contributed by atoms with Crippen molar-refractivity contribution in [3.63, 3.8) is 0 Å². The Hall–Kier alpha value is -2.67. The van der Waals surface area contributed by atoms with Crippen LogP contribution in [-0.4, -0.2) is 99.6 Å². The molecule has 3 rings (SSSR count). The molecule has 0 saturated carbocycles. The number of nitrogens with two attached hydrogens (primary N) is 1. The standard InChI is InChI=1S/C35H56N4O7/c1-3-4-14-32-38-33-34(30-12-8-9-13-31(30)37-35(33)36)39(32)16-10-6-5-7-11-17-41-19-21-43-23-25-45-27-28-46-26-24-44-22-20-42-18-15-29(2)40/h8-9,12-13H,3-7,10-11,14-28H2,1-2H3,(H2,36,37). The third-order valence-electron chi connectivity index (χ3n) is 7.57. The van der Waals surface area contributed by atoms with Crippen LogP contribution in [0.4, 0.5) is 5.82 Å². The van der Waals surface area contributed by atoms with Gasteiger partial charge in [0.05, 0.1) is 83.7 Å². The van der Waals surface area contributed by atoms with Crippen LogP contribution < -0.4 is 5.73 Å². The van der Waals surface area contributed by atoms with Crippen LogP contribution in [0.25, 0.3) is 21.9 Å². The summed E-state index contributed by atoms with van der Waals surface area (Å²) in [5.41, 5.74) is 9.22. The predicted octanol–water partition coefficient (Wildman–Crippen LogP) is 5.54. The summed E-state index contributed by atoms with van der Waals surface area (Å²) in [7, 11) is 0. The number of hydrogen-bond acceptors (Lipinski definition) is 10. The van der Waals surface area contributed by atoms with Gasteiger partial charge in [-0.25, -0.2) is 9.97 Å². The van der Waals surface area contributed by atoms with E-state index in [1.807, 2.05) is 12.1 Å². The molecular formula is C35H56N4O7. The number of aromatic nitrogens is 3. The Bertz CT molecular complexity index is 1250. The lowest BCUT2D eigenvalue weighted by Gasteiger charge is -2.11. The van der Waals surface area contributed by atoms with Crippen LogP contribution in [0.1, 0.15) is 71.0 Å². The molecule has 0 amide bonds. The first kappa shape index (κ1) is 37.8. The fraction of sp³-hybridized carbons (Fsp3) is 0.686. The summed E-state index contributed by atoms with van der Waals surface area (Å²) >= 11 is 0. The number of carbonyl (C=O) groups is 1. The van der Waals surface area contributed by atoms with E-state index in [2.05, 4.69) is 28.6 Å². The van der Waals surface area contributed by atoms with Crippen molar-refractivity contribution in [3.8, 4) is 0 Å². The second-order valence-electron chi connectivity index (χ2n) is 11.4. The predicted molar refractivity (Wildman–Crippen MR) is 181 cm³/mol. The normalized spacial score (nSPS) is 11.7. The van der Waals surface area contributed by atoms with Crippen LogP contribution in [0.15, 0.2) is 24.3 Å². The minimum absolute atomic E-state index is 0.133. The summed E-state index contributed by atoms with van der Waals surface area (Å²) in [5.74, 6) is 1.78. The molecule has 11 heteroatoms. The molecule has 0 spiro atoms. The van der Waals surface area contributed by atoms with E-state index in [1.165, 1.54) is 12.8 Å². The number of aryl methyl sites for hydroxylation is 2. The summed E-state index contributed by atoms with van der Waals surface area (Å²) in [4.78, 5) is 20.3. The number of nitrogens with zero attached hydrogens (tertiary/aromatic N) is 3. The molecule has 0 atom stereocenters. The van der Waals surface area contributed by atoms with Crippen molar-refractivity contribution in [3.05, 3.63) is 30.1 Å². The number of pyridine rings is 1. The van der Waals surface area contributed by atoms with E-state index in [0.717, 1.165) is 79.4 Å². The van der Waals surface area contributed by atoms with Crippen LogP contribution in [-0.2, 0) is 46.2 Å². The number of carbonyl (C=O) groups excluding carboxylic acids is 1. The molecule has 1 aromatic carbocycles. The molecule has 0 aliphatic carbocycles. The van der Waals surface area contributed by atoms with Crippen molar-refractivity contribution in [1.29, 1.82) is 0 Å². The van der Waals surface area contributed by atoms with E-state index in [0.29, 0.717) is 84.9 Å². The highest BCUT2D eigenvalue weighted by molar-refractivity contribution is 6.06. The number of Topliss-reactive ketones (excluding diaryl/α,β-unsaturated/α-hetero) is 1. The van der Waals surface area contributed by atoms with Gasteiger partial charge < -0.3 is 38.7 Å². The molecule has 2 heterocycles. The quantitative estimate of drug-likeness (QED) is 0.0962. The average molecular weight is 645 g/mol. The number of ketones is 1. The zero-order valence-corrected chi connectivity index (χ0v) is 28.1. The number of imidazole rings is 1. The summed E-state index contributed by atoms with van der Waals surface area (Å²) < 4.78 is 35.4. The minimum atomic E-state index is 0.133. The Labute approximate surface area is 274 Å². The van der Waals surface area contributed by atoms with Crippen LogP contribution in [0.3, 0.4) is 0 Å². The highest BCUT2D eigenvalue weighted by Crippen LogP contribution is 2.29. The van der Waals surface area contributed by atoms with E-state index in [9.17, 15) is 4.79 Å². The number of rotatable bonds is 29. The first-order chi connectivity index (χ1) is 22.6. The van der Waals surface area contributed by atoms with Gasteiger partial charge in [-0.2, -0.15) is 0 Å². The molecule has 46 heavy (non-hydrogen) atoms. The Morgan fingerprint density at radius 2 is 1.24 bits per heavy atom. The molecule has 11 nitrogen and oxygen atoms in total. The number of nitrogen functional groups attached to an aromatic ring is 1. The molecule has 0 fully saturated rings. The fourth-order valence-corrected chi connectivity index (χ4v) is 5.09. The summed E-state index contributed by atoms with van der Waals surface area (Å²) in [5, 5.41) is 1.13. The van der Waals surface area contributed by atoms with Gasteiger partial charge in [0.15, 0.2) is 5.82 Å². The maximum atomic E-state index is 10.8. The van der Waals surface area contributed by atoms with Crippen LogP contribution in [0, 0.1) is 0 Å². The molecule has 2 aromatic heterocycles. The molecule has 0 bridgehead atoms. The molecular weight excluding hydrogens is 588 g/mol. The van der Waals surface area contributed by atoms with Crippen molar-refractivity contribution in [2.45, 2.75) is 78.2 Å². The van der Waals surface area contributed by atoms with Gasteiger partial charge in [0, 0.05) is 31.4 Å². The van der Waals surface area contributed by atoms with Gasteiger partial charge in [0.25, 0.3) is 0 Å². The minimum Gasteiger partial charge on any atom is -0.382 e. The molecule has 3 aromatic rings. The maximum absolute atomic E-state index is 10.8. The second kappa shape index (κ2) is 23.6. The first-order valence-electron chi connectivity index (χ1n) is 17.1. The van der Waals surface area contributed by atoms with Crippen molar-refractivity contribution >= 4 is 33.5 Å². The van der Waals surface area contributed by atoms with Gasteiger partial charge >= 0.3 is 0 Å². The lowest BCUT2D eigenvalue weighted by atomic mass is 10.1. The van der Waals surface area contributed by atoms with Gasteiger partial charge in [-0.3, -0.25) is 4.79 Å². The zero-order chi connectivity index (χ0) is 32.7. The van der Waals surface area contributed by atoms with Crippen molar-refractivity contribution in [2.75, 3.05) is 85.0 Å². The van der Waals surface area contributed by atoms with Crippen molar-refractivity contribution in [2.24, 2.45) is 0 Å². The van der Waals surface area contributed by atoms with Crippen LogP contribution in [0.5, 0.6) is 0 Å². The molecule has 258 valence electrons. The van der Waals surface area contributed by atoms with Gasteiger partial charge in [0.2, 0.25) is 0 Å². The Kier molecular flexibility index (Phi) is 19.4. The molecule has 0 saturated heterocycles. The number of benzene rings is 1. The Balaban J connectivity index is 1.13. The molecule has 2 N–H and O–H groups in total. The number of para-hydroxylation sites is 1. The third-order valence-corrected chi connectivity index (χ3v) is 7.57. The van der Waals surface area contributed by atoms with Crippen LogP contribution >= 0.6 is 0 Å². The first-order valence-corrected chi connectivity index (χ1v) is 17.1. The molecule has 0 radical (unpaired) electrons. The Morgan fingerprint density at radius 3 is 1.85 bits per heavy atom. The molecule has 0 aliphatic heterocycles. The van der Waals surface area contributed by atoms with E-state index < -0.39 is 0 Å². The van der Waals surface area contributed by atoms with Crippen molar-refractivity contribution < 1.29 is 33.2 Å². The molecule has 0 aliphatic rings. The van der Waals surface area contributed by atoms with Crippen molar-refractivity contribution in [1.82, 2.24) is 14.5 Å². The van der Waals surface area contributed by atoms with Crippen LogP contribution in [0.2, 0.25) is 0 Å². The zero-order valence-electron chi connectivity index (χ0n) is 28.1. The number of ether oxygens (including phenoxy) is 6. The SMILES string of the molecule is CCCCc1nc2c(N)nc3ccccc3c2n1CCCCCCCOCCOCCOCCOCCOCCOCCC(C)=O. The highest BCUT2D eigenvalue weighted by atomic mass is 16.6. The van der Waals surface area contributed by atoms with Gasteiger partial charge in [0.1, 0.15) is 17.1 Å². The van der Waals surface area contributed by atoms with E-state index in [4.69, 9.17) is 39.1 Å². The highest BCUT2D eigenvalue weighted by Gasteiger charge is 2.16. The molecule has 0 unspecified atom stereocenters. The van der Waals surface area contributed by atoms with Gasteiger partial charge in [-0.1, -0.05) is 50.8 Å². The summed E-state index contributed by atoms with van der Waals surface area (Å²) in [6, 6.07) is 8.22. The average Bonchev–Trinajstić information content (AvgIpc) is 3.42. The smallest absolute Gasteiger partial charge is 0.152 e. The number of fused-ring (bicyclic) bond motifs is 3. The lowest BCUT2D eigenvalue weighted by Crippen LogP contribution is -2.14. The third kappa shape index (κ3) is 14.4.